The van der Waals surface area contributed by atoms with Crippen molar-refractivity contribution >= 4 is 22.5 Å². The first-order valence-corrected chi connectivity index (χ1v) is 4.94. The first kappa shape index (κ1) is 12.1. The first-order chi connectivity index (χ1) is 7.91. The molecule has 0 saturated carbocycles. The number of aliphatic hydroxyl groups excluding tert-OH is 1. The Morgan fingerprint density at radius 2 is 1.82 bits per heavy atom. The molecule has 0 saturated heterocycles. The van der Waals surface area contributed by atoms with E-state index in [2.05, 4.69) is 10.2 Å². The van der Waals surface area contributed by atoms with Crippen LogP contribution in [0.4, 0.5) is 13.2 Å². The number of alkyl halides is 3. The van der Waals surface area contributed by atoms with Crippen molar-refractivity contribution in [3.63, 3.8) is 0 Å². The maximum atomic E-state index is 12.3. The molecule has 2 rings (SSSR count). The molecule has 0 aliphatic carbocycles. The van der Waals surface area contributed by atoms with Crippen LogP contribution in [0.3, 0.4) is 0 Å². The highest BCUT2D eigenvalue weighted by molar-refractivity contribution is 6.35. The van der Waals surface area contributed by atoms with Crippen LogP contribution in [0, 0.1) is 0 Å². The van der Waals surface area contributed by atoms with Gasteiger partial charge in [-0.15, -0.1) is 0 Å². The molecule has 1 unspecified atom stereocenters. The Bertz CT molecular complexity index is 559. The summed E-state index contributed by atoms with van der Waals surface area (Å²) in [4.78, 5) is 0. The normalized spacial score (nSPS) is 13.9. The maximum absolute atomic E-state index is 12.3. The number of aliphatic hydroxyl groups is 1. The fourth-order valence-electron chi connectivity index (χ4n) is 1.37. The Balaban J connectivity index is 2.61. The summed E-state index contributed by atoms with van der Waals surface area (Å²) in [6.45, 7) is 0. The SMILES string of the molecule is OC(c1nnc2ccccc2c1Cl)C(F)(F)F. The number of hydrogen-bond donors (Lipinski definition) is 1. The van der Waals surface area contributed by atoms with Gasteiger partial charge in [0.2, 0.25) is 0 Å². The van der Waals surface area contributed by atoms with Crippen molar-refractivity contribution in [1.29, 1.82) is 0 Å². The van der Waals surface area contributed by atoms with Crippen molar-refractivity contribution in [3.8, 4) is 0 Å². The van der Waals surface area contributed by atoms with Crippen molar-refractivity contribution in [2.75, 3.05) is 0 Å². The van der Waals surface area contributed by atoms with E-state index in [0.717, 1.165) is 0 Å². The second-order valence-electron chi connectivity index (χ2n) is 3.36. The molecule has 0 radical (unpaired) electrons. The predicted octanol–water partition coefficient (Wildman–Crippen LogP) is 2.88. The minimum atomic E-state index is -4.82. The molecule has 2 aromatic rings. The fourth-order valence-corrected chi connectivity index (χ4v) is 1.67. The van der Waals surface area contributed by atoms with Crippen molar-refractivity contribution in [1.82, 2.24) is 10.2 Å². The molecule has 7 heteroatoms. The zero-order chi connectivity index (χ0) is 12.6. The third-order valence-electron chi connectivity index (χ3n) is 2.20. The first-order valence-electron chi connectivity index (χ1n) is 4.57. The smallest absolute Gasteiger partial charge is 0.378 e. The van der Waals surface area contributed by atoms with E-state index in [1.54, 1.807) is 18.2 Å². The predicted molar refractivity (Wildman–Crippen MR) is 55.6 cm³/mol. The third kappa shape index (κ3) is 2.18. The summed E-state index contributed by atoms with van der Waals surface area (Å²) >= 11 is 5.78. The van der Waals surface area contributed by atoms with Crippen LogP contribution in [-0.4, -0.2) is 21.5 Å². The van der Waals surface area contributed by atoms with Crippen LogP contribution in [0.5, 0.6) is 0 Å². The summed E-state index contributed by atoms with van der Waals surface area (Å²) < 4.78 is 37.0. The fraction of sp³-hybridized carbons (Fsp3) is 0.200. The van der Waals surface area contributed by atoms with Crippen molar-refractivity contribution in [2.24, 2.45) is 0 Å². The number of rotatable bonds is 1. The summed E-state index contributed by atoms with van der Waals surface area (Å²) in [5.74, 6) is 0. The van der Waals surface area contributed by atoms with E-state index in [0.29, 0.717) is 10.9 Å². The summed E-state index contributed by atoms with van der Waals surface area (Å²) in [5.41, 5.74) is -0.312. The molecule has 1 N–H and O–H groups in total. The molecular weight excluding hydrogens is 257 g/mol. The molecule has 17 heavy (non-hydrogen) atoms. The van der Waals surface area contributed by atoms with Gasteiger partial charge in [0, 0.05) is 5.39 Å². The van der Waals surface area contributed by atoms with E-state index in [1.165, 1.54) is 6.07 Å². The number of benzene rings is 1. The Hall–Kier alpha value is -1.40. The number of fused-ring (bicyclic) bond motifs is 1. The van der Waals surface area contributed by atoms with Gasteiger partial charge in [0.05, 0.1) is 10.5 Å². The minimum Gasteiger partial charge on any atom is -0.378 e. The Morgan fingerprint density at radius 1 is 1.18 bits per heavy atom. The summed E-state index contributed by atoms with van der Waals surface area (Å²) in [6, 6.07) is 6.35. The molecule has 1 atom stereocenters. The second-order valence-corrected chi connectivity index (χ2v) is 3.74. The summed E-state index contributed by atoms with van der Waals surface area (Å²) in [6.07, 6.45) is -7.55. The summed E-state index contributed by atoms with van der Waals surface area (Å²) in [5, 5.41) is 16.1. The zero-order valence-corrected chi connectivity index (χ0v) is 9.00. The van der Waals surface area contributed by atoms with Crippen LogP contribution in [0.15, 0.2) is 24.3 Å². The minimum absolute atomic E-state index is 0.236. The monoisotopic (exact) mass is 262 g/mol. The lowest BCUT2D eigenvalue weighted by Gasteiger charge is -2.15. The van der Waals surface area contributed by atoms with Gasteiger partial charge >= 0.3 is 6.18 Å². The van der Waals surface area contributed by atoms with E-state index in [9.17, 15) is 13.2 Å². The lowest BCUT2D eigenvalue weighted by Crippen LogP contribution is -2.22. The van der Waals surface area contributed by atoms with E-state index in [1.807, 2.05) is 0 Å². The van der Waals surface area contributed by atoms with Crippen LogP contribution in [0.2, 0.25) is 5.02 Å². The second kappa shape index (κ2) is 4.12. The van der Waals surface area contributed by atoms with E-state index < -0.39 is 18.0 Å². The number of nitrogens with zero attached hydrogens (tertiary/aromatic N) is 2. The Labute approximate surface area is 98.8 Å². The van der Waals surface area contributed by atoms with Crippen LogP contribution in [0.1, 0.15) is 11.8 Å². The maximum Gasteiger partial charge on any atom is 0.420 e. The number of halogens is 4. The van der Waals surface area contributed by atoms with Crippen LogP contribution >= 0.6 is 11.6 Å². The van der Waals surface area contributed by atoms with Crippen molar-refractivity contribution in [3.05, 3.63) is 35.0 Å². The topological polar surface area (TPSA) is 46.0 Å². The molecular formula is C10H6ClF3N2O. The average molecular weight is 263 g/mol. The largest absolute Gasteiger partial charge is 0.420 e. The Kier molecular flexibility index (Phi) is 2.92. The molecule has 1 heterocycles. The van der Waals surface area contributed by atoms with Gasteiger partial charge < -0.3 is 5.11 Å². The molecule has 0 amide bonds. The average Bonchev–Trinajstić information content (AvgIpc) is 2.28. The van der Waals surface area contributed by atoms with Gasteiger partial charge in [0.15, 0.2) is 6.10 Å². The molecule has 0 spiro atoms. The van der Waals surface area contributed by atoms with Gasteiger partial charge in [-0.1, -0.05) is 29.8 Å². The van der Waals surface area contributed by atoms with Gasteiger partial charge in [-0.2, -0.15) is 23.4 Å². The highest BCUT2D eigenvalue weighted by atomic mass is 35.5. The van der Waals surface area contributed by atoms with Crippen LogP contribution in [-0.2, 0) is 0 Å². The molecule has 90 valence electrons. The molecule has 1 aromatic heterocycles. The van der Waals surface area contributed by atoms with Gasteiger partial charge in [0.1, 0.15) is 5.69 Å². The van der Waals surface area contributed by atoms with Crippen LogP contribution in [0.25, 0.3) is 10.9 Å². The van der Waals surface area contributed by atoms with Gasteiger partial charge in [-0.25, -0.2) is 0 Å². The molecule has 0 bridgehead atoms. The number of hydrogen-bond acceptors (Lipinski definition) is 3. The Morgan fingerprint density at radius 3 is 2.47 bits per heavy atom. The lowest BCUT2D eigenvalue weighted by atomic mass is 10.1. The van der Waals surface area contributed by atoms with Crippen LogP contribution < -0.4 is 0 Å². The van der Waals surface area contributed by atoms with Gasteiger partial charge in [0.25, 0.3) is 0 Å². The van der Waals surface area contributed by atoms with E-state index in [4.69, 9.17) is 16.7 Å². The van der Waals surface area contributed by atoms with Crippen molar-refractivity contribution in [2.45, 2.75) is 12.3 Å². The third-order valence-corrected chi connectivity index (χ3v) is 2.60. The van der Waals surface area contributed by atoms with Crippen molar-refractivity contribution < 1.29 is 18.3 Å². The summed E-state index contributed by atoms with van der Waals surface area (Å²) in [7, 11) is 0. The highest BCUT2D eigenvalue weighted by Crippen LogP contribution is 2.36. The van der Waals surface area contributed by atoms with E-state index >= 15 is 0 Å². The van der Waals surface area contributed by atoms with E-state index in [-0.39, 0.29) is 5.02 Å². The van der Waals surface area contributed by atoms with Gasteiger partial charge in [-0.3, -0.25) is 0 Å². The molecule has 1 aromatic carbocycles. The highest BCUT2D eigenvalue weighted by Gasteiger charge is 2.42. The molecule has 0 aliphatic heterocycles. The quantitative estimate of drug-likeness (QED) is 0.859. The molecule has 0 aliphatic rings. The van der Waals surface area contributed by atoms with Gasteiger partial charge in [-0.05, 0) is 6.07 Å². The number of aromatic nitrogens is 2. The standard InChI is InChI=1S/C10H6ClF3N2O/c11-7-5-3-1-2-4-6(5)15-16-8(7)9(17)10(12,13)14/h1-4,9,17H. The molecule has 0 fully saturated rings. The molecule has 3 nitrogen and oxygen atoms in total. The zero-order valence-electron chi connectivity index (χ0n) is 8.24. The lowest BCUT2D eigenvalue weighted by molar-refractivity contribution is -0.208.